The second-order valence-corrected chi connectivity index (χ2v) is 7.98. The molecule has 28 heavy (non-hydrogen) atoms. The lowest BCUT2D eigenvalue weighted by Gasteiger charge is -2.29. The number of fused-ring (bicyclic) bond motifs is 1. The molecule has 9 heteroatoms. The molecule has 0 bridgehead atoms. The zero-order valence-corrected chi connectivity index (χ0v) is 16.9. The number of morpholine rings is 1. The van der Waals surface area contributed by atoms with Crippen molar-refractivity contribution in [2.45, 2.75) is 0 Å². The van der Waals surface area contributed by atoms with E-state index in [1.165, 1.54) is 22.7 Å². The van der Waals surface area contributed by atoms with Crippen molar-refractivity contribution in [2.75, 3.05) is 44.9 Å². The van der Waals surface area contributed by atoms with Gasteiger partial charge in [-0.2, -0.15) is 11.3 Å². The van der Waals surface area contributed by atoms with Gasteiger partial charge in [0.05, 0.1) is 37.3 Å². The van der Waals surface area contributed by atoms with Crippen LogP contribution in [0.1, 0.15) is 20.2 Å². The van der Waals surface area contributed by atoms with Gasteiger partial charge in [-0.1, -0.05) is 0 Å². The number of carbonyl (C=O) groups excluding carboxylic acids is 2. The number of thiophene rings is 1. The minimum absolute atomic E-state index is 0.0566. The van der Waals surface area contributed by atoms with Gasteiger partial charge in [0.2, 0.25) is 0 Å². The fourth-order valence-corrected chi connectivity index (χ4v) is 4.75. The Labute approximate surface area is 169 Å². The molecule has 7 nitrogen and oxygen atoms in total. The lowest BCUT2D eigenvalue weighted by Crippen LogP contribution is -2.36. The summed E-state index contributed by atoms with van der Waals surface area (Å²) in [4.78, 5) is 31.4. The summed E-state index contributed by atoms with van der Waals surface area (Å²) in [7, 11) is 1.59. The van der Waals surface area contributed by atoms with Crippen LogP contribution in [0, 0.1) is 0 Å². The van der Waals surface area contributed by atoms with Gasteiger partial charge in [-0.15, -0.1) is 11.3 Å². The standard InChI is InChI=1S/C19H19N3O4S2/c1-25-15-3-2-13(22-5-7-26-8-6-22)17-16(15)21-19(28-17)18(24)20-10-14(23)12-4-9-27-11-12/h2-4,9,11H,5-8,10H2,1H3,(H,20,24). The Balaban J connectivity index is 1.58. The fraction of sp³-hybridized carbons (Fsp3) is 0.316. The van der Waals surface area contributed by atoms with Crippen LogP contribution in [0.25, 0.3) is 10.2 Å². The summed E-state index contributed by atoms with van der Waals surface area (Å²) >= 11 is 2.76. The highest BCUT2D eigenvalue weighted by atomic mass is 32.1. The SMILES string of the molecule is COc1ccc(N2CCOCC2)c2sc(C(=O)NCC(=O)c3ccsc3)nc12. The van der Waals surface area contributed by atoms with Crippen molar-refractivity contribution in [2.24, 2.45) is 0 Å². The first-order chi connectivity index (χ1) is 13.7. The van der Waals surface area contributed by atoms with E-state index < -0.39 is 0 Å². The quantitative estimate of drug-likeness (QED) is 0.621. The summed E-state index contributed by atoms with van der Waals surface area (Å²) in [5, 5.41) is 6.59. The molecule has 1 saturated heterocycles. The van der Waals surface area contributed by atoms with E-state index in [4.69, 9.17) is 9.47 Å². The number of thiazole rings is 1. The van der Waals surface area contributed by atoms with Crippen LogP contribution in [-0.2, 0) is 4.74 Å². The summed E-state index contributed by atoms with van der Waals surface area (Å²) in [5.74, 6) is 0.138. The zero-order chi connectivity index (χ0) is 19.5. The molecule has 1 amide bonds. The minimum Gasteiger partial charge on any atom is -0.494 e. The normalized spacial score (nSPS) is 14.2. The third-order valence-corrected chi connectivity index (χ3v) is 6.26. The molecule has 0 saturated carbocycles. The smallest absolute Gasteiger partial charge is 0.280 e. The molecule has 1 fully saturated rings. The van der Waals surface area contributed by atoms with Crippen LogP contribution < -0.4 is 15.0 Å². The van der Waals surface area contributed by atoms with E-state index >= 15 is 0 Å². The van der Waals surface area contributed by atoms with E-state index in [0.29, 0.717) is 35.1 Å². The maximum atomic E-state index is 12.6. The second-order valence-electron chi connectivity index (χ2n) is 6.20. The van der Waals surface area contributed by atoms with Crippen molar-refractivity contribution >= 4 is 50.3 Å². The van der Waals surface area contributed by atoms with Crippen molar-refractivity contribution in [3.8, 4) is 5.75 Å². The summed E-state index contributed by atoms with van der Waals surface area (Å²) in [6, 6.07) is 5.61. The number of hydrogen-bond acceptors (Lipinski definition) is 8. The summed E-state index contributed by atoms with van der Waals surface area (Å²) < 4.78 is 11.8. The fourth-order valence-electron chi connectivity index (χ4n) is 3.05. The molecule has 3 aromatic rings. The Bertz CT molecular complexity index is 994. The monoisotopic (exact) mass is 417 g/mol. The number of ether oxygens (including phenoxy) is 2. The number of benzene rings is 1. The maximum Gasteiger partial charge on any atom is 0.280 e. The van der Waals surface area contributed by atoms with Gasteiger partial charge in [0.25, 0.3) is 5.91 Å². The van der Waals surface area contributed by atoms with Crippen molar-refractivity contribution < 1.29 is 19.1 Å². The summed E-state index contributed by atoms with van der Waals surface area (Å²) in [6.07, 6.45) is 0. The van der Waals surface area contributed by atoms with Crippen LogP contribution in [0.2, 0.25) is 0 Å². The van der Waals surface area contributed by atoms with Gasteiger partial charge in [0.15, 0.2) is 10.8 Å². The maximum absolute atomic E-state index is 12.6. The molecule has 1 aromatic carbocycles. The Kier molecular flexibility index (Phi) is 5.56. The molecule has 1 N–H and O–H groups in total. The van der Waals surface area contributed by atoms with Gasteiger partial charge < -0.3 is 19.7 Å². The Hall–Kier alpha value is -2.49. The molecular weight excluding hydrogens is 398 g/mol. The molecule has 0 unspecified atom stereocenters. The van der Waals surface area contributed by atoms with E-state index in [2.05, 4.69) is 15.2 Å². The molecule has 1 aliphatic rings. The predicted octanol–water partition coefficient (Wildman–Crippen LogP) is 2.82. The van der Waals surface area contributed by atoms with Crippen LogP contribution in [0.5, 0.6) is 5.75 Å². The number of nitrogens with zero attached hydrogens (tertiary/aromatic N) is 2. The third kappa shape index (κ3) is 3.73. The average Bonchev–Trinajstić information content (AvgIpc) is 3.42. The number of Topliss-reactive ketones (excluding diaryl/α,β-unsaturated/α-hetero) is 1. The second kappa shape index (κ2) is 8.26. The molecule has 0 aliphatic carbocycles. The lowest BCUT2D eigenvalue weighted by molar-refractivity contribution is 0.0904. The number of hydrogen-bond donors (Lipinski definition) is 1. The first-order valence-electron chi connectivity index (χ1n) is 8.81. The van der Waals surface area contributed by atoms with Gasteiger partial charge in [-0.05, 0) is 23.6 Å². The number of anilines is 1. The number of carbonyl (C=O) groups is 2. The van der Waals surface area contributed by atoms with Gasteiger partial charge in [0.1, 0.15) is 11.3 Å². The van der Waals surface area contributed by atoms with E-state index in [0.717, 1.165) is 23.5 Å². The molecule has 1 aliphatic heterocycles. The van der Waals surface area contributed by atoms with E-state index in [1.807, 2.05) is 17.5 Å². The first-order valence-corrected chi connectivity index (χ1v) is 10.6. The predicted molar refractivity (Wildman–Crippen MR) is 110 cm³/mol. The van der Waals surface area contributed by atoms with E-state index in [9.17, 15) is 9.59 Å². The highest BCUT2D eigenvalue weighted by Gasteiger charge is 2.21. The van der Waals surface area contributed by atoms with E-state index in [1.54, 1.807) is 18.6 Å². The molecule has 146 valence electrons. The molecule has 0 atom stereocenters. The Morgan fingerprint density at radius 1 is 1.29 bits per heavy atom. The Morgan fingerprint density at radius 2 is 2.11 bits per heavy atom. The third-order valence-electron chi connectivity index (χ3n) is 4.50. The molecule has 2 aromatic heterocycles. The minimum atomic E-state index is -0.361. The Morgan fingerprint density at radius 3 is 2.82 bits per heavy atom. The van der Waals surface area contributed by atoms with E-state index in [-0.39, 0.29) is 18.2 Å². The van der Waals surface area contributed by atoms with Crippen molar-refractivity contribution in [3.05, 3.63) is 39.5 Å². The number of methoxy groups -OCH3 is 1. The summed E-state index contributed by atoms with van der Waals surface area (Å²) in [5.41, 5.74) is 2.28. The topological polar surface area (TPSA) is 80.8 Å². The number of ketones is 1. The highest BCUT2D eigenvalue weighted by molar-refractivity contribution is 7.21. The molecule has 3 heterocycles. The molecule has 0 spiro atoms. The van der Waals surface area contributed by atoms with Crippen LogP contribution in [0.4, 0.5) is 5.69 Å². The van der Waals surface area contributed by atoms with Gasteiger partial charge in [-0.25, -0.2) is 4.98 Å². The molecule has 4 rings (SSSR count). The number of rotatable bonds is 6. The largest absolute Gasteiger partial charge is 0.494 e. The van der Waals surface area contributed by atoms with Crippen molar-refractivity contribution in [1.29, 1.82) is 0 Å². The first kappa shape index (κ1) is 18.9. The van der Waals surface area contributed by atoms with Gasteiger partial charge in [0, 0.05) is 24.0 Å². The molecular formula is C19H19N3O4S2. The lowest BCUT2D eigenvalue weighted by atomic mass is 10.2. The van der Waals surface area contributed by atoms with Gasteiger partial charge >= 0.3 is 0 Å². The van der Waals surface area contributed by atoms with Crippen molar-refractivity contribution in [1.82, 2.24) is 10.3 Å². The number of amides is 1. The zero-order valence-electron chi connectivity index (χ0n) is 15.3. The van der Waals surface area contributed by atoms with Crippen LogP contribution in [0.3, 0.4) is 0 Å². The number of nitrogens with one attached hydrogen (secondary N) is 1. The summed E-state index contributed by atoms with van der Waals surface area (Å²) in [6.45, 7) is 2.86. The van der Waals surface area contributed by atoms with Crippen molar-refractivity contribution in [3.63, 3.8) is 0 Å². The number of aromatic nitrogens is 1. The van der Waals surface area contributed by atoms with Crippen LogP contribution in [0.15, 0.2) is 29.0 Å². The van der Waals surface area contributed by atoms with Crippen LogP contribution >= 0.6 is 22.7 Å². The average molecular weight is 418 g/mol. The van der Waals surface area contributed by atoms with Gasteiger partial charge in [-0.3, -0.25) is 9.59 Å². The molecule has 0 radical (unpaired) electrons. The van der Waals surface area contributed by atoms with Crippen LogP contribution in [-0.4, -0.2) is 56.6 Å². The highest BCUT2D eigenvalue weighted by Crippen LogP contribution is 2.37.